The molecule has 2 saturated heterocycles. The molecule has 29 heavy (non-hydrogen) atoms. The van der Waals surface area contributed by atoms with Crippen LogP contribution in [0.25, 0.3) is 0 Å². The molecule has 2 aromatic carbocycles. The highest BCUT2D eigenvalue weighted by Gasteiger charge is 2.39. The van der Waals surface area contributed by atoms with Gasteiger partial charge >= 0.3 is 0 Å². The van der Waals surface area contributed by atoms with Gasteiger partial charge < -0.3 is 10.2 Å². The van der Waals surface area contributed by atoms with Crippen molar-refractivity contribution in [2.24, 2.45) is 11.8 Å². The molecule has 0 radical (unpaired) electrons. The van der Waals surface area contributed by atoms with Gasteiger partial charge in [-0.05, 0) is 36.0 Å². The van der Waals surface area contributed by atoms with E-state index in [4.69, 9.17) is 0 Å². The number of halogens is 1. The first kappa shape index (κ1) is 20.0. The second-order valence-electron chi connectivity index (χ2n) is 8.61. The Balaban J connectivity index is 1.37. The van der Waals surface area contributed by atoms with E-state index in [2.05, 4.69) is 48.3 Å². The maximum absolute atomic E-state index is 14.1. The lowest BCUT2D eigenvalue weighted by atomic mass is 9.85. The maximum atomic E-state index is 14.1. The predicted octanol–water partition coefficient (Wildman–Crippen LogP) is 3.68. The SMILES string of the molecule is C[C@@H]1CN(Cc2ccccc2)C[C@@H](C)C1N[C@@H]1CCN(c2ccccc2F)C1=O. The minimum absolute atomic E-state index is 0.0128. The molecule has 0 spiro atoms. The van der Waals surface area contributed by atoms with Crippen molar-refractivity contribution >= 4 is 11.6 Å². The monoisotopic (exact) mass is 395 g/mol. The van der Waals surface area contributed by atoms with E-state index in [0.717, 1.165) is 26.1 Å². The quantitative estimate of drug-likeness (QED) is 0.839. The molecule has 2 heterocycles. The molecule has 2 fully saturated rings. The van der Waals surface area contributed by atoms with Crippen molar-refractivity contribution in [1.82, 2.24) is 10.2 Å². The molecule has 0 bridgehead atoms. The summed E-state index contributed by atoms with van der Waals surface area (Å²) in [5, 5.41) is 3.63. The number of anilines is 1. The van der Waals surface area contributed by atoms with E-state index in [1.165, 1.54) is 11.6 Å². The number of benzene rings is 2. The van der Waals surface area contributed by atoms with Crippen LogP contribution in [-0.4, -0.2) is 42.5 Å². The van der Waals surface area contributed by atoms with Gasteiger partial charge in [-0.3, -0.25) is 9.69 Å². The van der Waals surface area contributed by atoms with Gasteiger partial charge in [0.2, 0.25) is 5.91 Å². The topological polar surface area (TPSA) is 35.6 Å². The van der Waals surface area contributed by atoms with E-state index in [0.29, 0.717) is 24.1 Å². The third-order valence-corrected chi connectivity index (χ3v) is 6.31. The van der Waals surface area contributed by atoms with Crippen LogP contribution in [0.4, 0.5) is 10.1 Å². The van der Waals surface area contributed by atoms with Gasteiger partial charge in [-0.25, -0.2) is 4.39 Å². The summed E-state index contributed by atoms with van der Waals surface area (Å²) < 4.78 is 14.1. The van der Waals surface area contributed by atoms with Crippen LogP contribution in [0.15, 0.2) is 54.6 Å². The van der Waals surface area contributed by atoms with Crippen LogP contribution in [0.2, 0.25) is 0 Å². The molecule has 5 heteroatoms. The largest absolute Gasteiger partial charge is 0.308 e. The van der Waals surface area contributed by atoms with E-state index in [-0.39, 0.29) is 23.8 Å². The molecule has 0 aromatic heterocycles. The molecule has 1 amide bonds. The van der Waals surface area contributed by atoms with Crippen molar-refractivity contribution < 1.29 is 9.18 Å². The lowest BCUT2D eigenvalue weighted by molar-refractivity contribution is -0.119. The summed E-state index contributed by atoms with van der Waals surface area (Å²) in [6.45, 7) is 8.07. The summed E-state index contributed by atoms with van der Waals surface area (Å²) in [5.41, 5.74) is 1.73. The molecule has 3 atom stereocenters. The molecule has 2 aliphatic rings. The lowest BCUT2D eigenvalue weighted by Gasteiger charge is -2.42. The lowest BCUT2D eigenvalue weighted by Crippen LogP contribution is -2.56. The summed E-state index contributed by atoms with van der Waals surface area (Å²) in [4.78, 5) is 17.0. The van der Waals surface area contributed by atoms with Gasteiger partial charge in [0.1, 0.15) is 5.82 Å². The average molecular weight is 396 g/mol. The number of carbonyl (C=O) groups excluding carboxylic acids is 1. The smallest absolute Gasteiger partial charge is 0.244 e. The number of piperidine rings is 1. The van der Waals surface area contributed by atoms with E-state index in [9.17, 15) is 9.18 Å². The van der Waals surface area contributed by atoms with Gasteiger partial charge in [0.05, 0.1) is 11.7 Å². The number of amides is 1. The molecule has 154 valence electrons. The zero-order valence-corrected chi connectivity index (χ0v) is 17.2. The minimum Gasteiger partial charge on any atom is -0.308 e. The Morgan fingerprint density at radius 1 is 1.00 bits per heavy atom. The average Bonchev–Trinajstić information content (AvgIpc) is 3.06. The Morgan fingerprint density at radius 3 is 2.34 bits per heavy atom. The van der Waals surface area contributed by atoms with Crippen LogP contribution >= 0.6 is 0 Å². The van der Waals surface area contributed by atoms with Crippen LogP contribution in [0.5, 0.6) is 0 Å². The highest BCUT2D eigenvalue weighted by Crippen LogP contribution is 2.28. The summed E-state index contributed by atoms with van der Waals surface area (Å²) in [7, 11) is 0. The Kier molecular flexibility index (Phi) is 5.97. The van der Waals surface area contributed by atoms with Crippen molar-refractivity contribution in [3.8, 4) is 0 Å². The highest BCUT2D eigenvalue weighted by molar-refractivity contribution is 5.99. The van der Waals surface area contributed by atoms with Crippen molar-refractivity contribution in [2.45, 2.75) is 38.9 Å². The molecule has 2 aliphatic heterocycles. The fourth-order valence-corrected chi connectivity index (χ4v) is 4.95. The number of likely N-dealkylation sites (tertiary alicyclic amines) is 1. The zero-order valence-electron chi connectivity index (χ0n) is 17.2. The molecule has 0 unspecified atom stereocenters. The molecular weight excluding hydrogens is 365 g/mol. The number of hydrogen-bond acceptors (Lipinski definition) is 3. The van der Waals surface area contributed by atoms with Crippen LogP contribution in [-0.2, 0) is 11.3 Å². The highest BCUT2D eigenvalue weighted by atomic mass is 19.1. The standard InChI is InChI=1S/C24H30FN3O/c1-17-14-27(16-19-8-4-3-5-9-19)15-18(2)23(17)26-21-12-13-28(24(21)29)22-11-7-6-10-20(22)25/h3-11,17-18,21,23,26H,12-16H2,1-2H3/t17-,18-,21-/m1/s1. The van der Waals surface area contributed by atoms with E-state index in [1.807, 2.05) is 6.07 Å². The van der Waals surface area contributed by atoms with Crippen molar-refractivity contribution in [3.63, 3.8) is 0 Å². The Hall–Kier alpha value is -2.24. The summed E-state index contributed by atoms with van der Waals surface area (Å²) >= 11 is 0. The van der Waals surface area contributed by atoms with E-state index < -0.39 is 0 Å². The second-order valence-corrected chi connectivity index (χ2v) is 8.61. The fourth-order valence-electron chi connectivity index (χ4n) is 4.95. The Morgan fingerprint density at radius 2 is 1.66 bits per heavy atom. The molecule has 0 aliphatic carbocycles. The number of hydrogen-bond donors (Lipinski definition) is 1. The number of para-hydroxylation sites is 1. The predicted molar refractivity (Wildman–Crippen MR) is 114 cm³/mol. The van der Waals surface area contributed by atoms with Crippen molar-refractivity contribution in [1.29, 1.82) is 0 Å². The van der Waals surface area contributed by atoms with Crippen molar-refractivity contribution in [2.75, 3.05) is 24.5 Å². The van der Waals surface area contributed by atoms with Crippen LogP contribution in [0.1, 0.15) is 25.8 Å². The van der Waals surface area contributed by atoms with Crippen LogP contribution in [0.3, 0.4) is 0 Å². The number of rotatable bonds is 5. The normalized spacial score (nSPS) is 26.2. The Bertz CT molecular complexity index is 831. The molecular formula is C24H30FN3O. The molecule has 0 saturated carbocycles. The molecule has 2 aromatic rings. The van der Waals surface area contributed by atoms with Gasteiger partial charge in [0.25, 0.3) is 0 Å². The van der Waals surface area contributed by atoms with Gasteiger partial charge in [0, 0.05) is 32.2 Å². The zero-order chi connectivity index (χ0) is 20.4. The van der Waals surface area contributed by atoms with Gasteiger partial charge in [-0.2, -0.15) is 0 Å². The summed E-state index contributed by atoms with van der Waals surface area (Å²) in [6.07, 6.45) is 0.719. The Labute approximate surface area is 172 Å². The van der Waals surface area contributed by atoms with Crippen LogP contribution in [0, 0.1) is 17.7 Å². The first-order chi connectivity index (χ1) is 14.0. The molecule has 4 nitrogen and oxygen atoms in total. The molecule has 4 rings (SSSR count). The van der Waals surface area contributed by atoms with Gasteiger partial charge in [-0.1, -0.05) is 56.3 Å². The van der Waals surface area contributed by atoms with Gasteiger partial charge in [0.15, 0.2) is 0 Å². The number of carbonyl (C=O) groups is 1. The van der Waals surface area contributed by atoms with Gasteiger partial charge in [-0.15, -0.1) is 0 Å². The number of nitrogens with zero attached hydrogens (tertiary/aromatic N) is 2. The third-order valence-electron chi connectivity index (χ3n) is 6.31. The summed E-state index contributed by atoms with van der Waals surface area (Å²) in [5.74, 6) is 0.536. The summed E-state index contributed by atoms with van der Waals surface area (Å²) in [6, 6.07) is 17.2. The number of nitrogens with one attached hydrogen (secondary N) is 1. The van der Waals surface area contributed by atoms with E-state index >= 15 is 0 Å². The van der Waals surface area contributed by atoms with Crippen LogP contribution < -0.4 is 10.2 Å². The fraction of sp³-hybridized carbons (Fsp3) is 0.458. The maximum Gasteiger partial charge on any atom is 0.244 e. The minimum atomic E-state index is -0.336. The third kappa shape index (κ3) is 4.36. The first-order valence-corrected chi connectivity index (χ1v) is 10.6. The van der Waals surface area contributed by atoms with Crippen molar-refractivity contribution in [3.05, 3.63) is 66.0 Å². The van der Waals surface area contributed by atoms with E-state index in [1.54, 1.807) is 23.1 Å². The molecule has 1 N–H and O–H groups in total. The second kappa shape index (κ2) is 8.64. The first-order valence-electron chi connectivity index (χ1n) is 10.6.